The van der Waals surface area contributed by atoms with Crippen molar-refractivity contribution in [2.45, 2.75) is 50.2 Å². The van der Waals surface area contributed by atoms with Crippen LogP contribution in [0.4, 0.5) is 0 Å². The molecule has 2 unspecified atom stereocenters. The zero-order chi connectivity index (χ0) is 16.0. The Morgan fingerprint density at radius 2 is 2.09 bits per heavy atom. The summed E-state index contributed by atoms with van der Waals surface area (Å²) in [6.07, 6.45) is 5.87. The van der Waals surface area contributed by atoms with Gasteiger partial charge in [-0.3, -0.25) is 4.79 Å². The minimum absolute atomic E-state index is 0.0460. The summed E-state index contributed by atoms with van der Waals surface area (Å²) in [6, 6.07) is 6.91. The molecule has 2 aliphatic rings. The molecule has 3 heterocycles. The molecule has 1 amide bonds. The highest BCUT2D eigenvalue weighted by molar-refractivity contribution is 7.71. The van der Waals surface area contributed by atoms with E-state index in [0.717, 1.165) is 12.8 Å². The lowest BCUT2D eigenvalue weighted by Gasteiger charge is -2.47. The molecule has 1 aromatic carbocycles. The highest BCUT2D eigenvalue weighted by Crippen LogP contribution is 2.32. The molecule has 0 aliphatic carbocycles. The van der Waals surface area contributed by atoms with Crippen molar-refractivity contribution < 1.29 is 9.21 Å². The Morgan fingerprint density at radius 3 is 2.83 bits per heavy atom. The second-order valence-corrected chi connectivity index (χ2v) is 7.11. The molecule has 2 bridgehead atoms. The summed E-state index contributed by atoms with van der Waals surface area (Å²) in [6.45, 7) is 0. The molecule has 2 aliphatic heterocycles. The number of amides is 1. The second kappa shape index (κ2) is 5.76. The number of hydrogen-bond acceptors (Lipinski definition) is 4. The van der Waals surface area contributed by atoms with E-state index in [2.05, 4.69) is 22.2 Å². The zero-order valence-corrected chi connectivity index (χ0v) is 14.0. The summed E-state index contributed by atoms with van der Waals surface area (Å²) in [4.78, 5) is 18.5. The molecule has 2 saturated heterocycles. The van der Waals surface area contributed by atoms with Gasteiger partial charge < -0.3 is 19.6 Å². The number of carbonyl (C=O) groups excluding carboxylic acids is 1. The fourth-order valence-electron chi connectivity index (χ4n) is 4.16. The lowest BCUT2D eigenvalue weighted by Crippen LogP contribution is -2.55. The molecule has 0 saturated carbocycles. The van der Waals surface area contributed by atoms with Crippen LogP contribution in [0, 0.1) is 4.84 Å². The maximum absolute atomic E-state index is 12.7. The van der Waals surface area contributed by atoms with Crippen LogP contribution < -0.4 is 5.32 Å². The number of aromatic nitrogens is 1. The lowest BCUT2D eigenvalue weighted by molar-refractivity contribution is 0.0463. The largest absolute Gasteiger partial charge is 0.429 e. The quantitative estimate of drug-likeness (QED) is 0.830. The van der Waals surface area contributed by atoms with Crippen molar-refractivity contribution >= 4 is 29.2 Å². The predicted molar refractivity (Wildman–Crippen MR) is 91.1 cm³/mol. The van der Waals surface area contributed by atoms with Crippen molar-refractivity contribution in [3.05, 3.63) is 28.6 Å². The van der Waals surface area contributed by atoms with E-state index < -0.39 is 0 Å². The molecule has 2 fully saturated rings. The van der Waals surface area contributed by atoms with Crippen molar-refractivity contribution in [1.82, 2.24) is 15.2 Å². The van der Waals surface area contributed by atoms with Gasteiger partial charge in [0.1, 0.15) is 0 Å². The van der Waals surface area contributed by atoms with Crippen molar-refractivity contribution in [1.29, 1.82) is 0 Å². The standard InChI is InChI=1S/C17H21N3O2S/c1-20-11-4-2-5-12(20)9-10(8-11)18-16(21)13-6-3-7-14-15(13)19-17(23)22-14/h3,6-7,10-12H,2,4-5,8-9H2,1H3,(H,18,21)(H,19,23). The van der Waals surface area contributed by atoms with Crippen molar-refractivity contribution in [2.24, 2.45) is 0 Å². The molecule has 122 valence electrons. The molecule has 6 heteroatoms. The van der Waals surface area contributed by atoms with Gasteiger partial charge in [-0.05, 0) is 57.1 Å². The average molecular weight is 331 g/mol. The molecule has 0 spiro atoms. The first-order valence-corrected chi connectivity index (χ1v) is 8.67. The number of nitrogens with one attached hydrogen (secondary N) is 2. The minimum Gasteiger partial charge on any atom is -0.429 e. The smallest absolute Gasteiger partial charge is 0.266 e. The Morgan fingerprint density at radius 1 is 1.35 bits per heavy atom. The third-order valence-electron chi connectivity index (χ3n) is 5.38. The average Bonchev–Trinajstić information content (AvgIpc) is 2.88. The summed E-state index contributed by atoms with van der Waals surface area (Å²) < 4.78 is 5.40. The van der Waals surface area contributed by atoms with Crippen LogP contribution in [0.3, 0.4) is 0 Å². The van der Waals surface area contributed by atoms with Gasteiger partial charge in [-0.2, -0.15) is 0 Å². The maximum Gasteiger partial charge on any atom is 0.266 e. The zero-order valence-electron chi connectivity index (χ0n) is 13.2. The van der Waals surface area contributed by atoms with Crippen molar-refractivity contribution in [3.8, 4) is 0 Å². The van der Waals surface area contributed by atoms with Crippen LogP contribution in [0.2, 0.25) is 0 Å². The lowest BCUT2D eigenvalue weighted by atomic mass is 9.82. The molecular formula is C17H21N3O2S. The normalized spacial score (nSPS) is 28.0. The van der Waals surface area contributed by atoms with Crippen LogP contribution in [0.5, 0.6) is 0 Å². The first kappa shape index (κ1) is 14.9. The molecule has 5 nitrogen and oxygen atoms in total. The Kier molecular flexibility index (Phi) is 3.73. The number of aromatic amines is 1. The topological polar surface area (TPSA) is 61.3 Å². The highest BCUT2D eigenvalue weighted by Gasteiger charge is 2.36. The minimum atomic E-state index is -0.0460. The number of para-hydroxylation sites is 1. The molecule has 2 N–H and O–H groups in total. The summed E-state index contributed by atoms with van der Waals surface area (Å²) in [5.74, 6) is -0.0460. The first-order valence-electron chi connectivity index (χ1n) is 8.26. The van der Waals surface area contributed by atoms with Crippen LogP contribution in [0.1, 0.15) is 42.5 Å². The summed E-state index contributed by atoms with van der Waals surface area (Å²) in [7, 11) is 2.22. The number of oxazole rings is 1. The van der Waals surface area contributed by atoms with E-state index in [1.807, 2.05) is 18.2 Å². The number of hydrogen-bond donors (Lipinski definition) is 2. The number of fused-ring (bicyclic) bond motifs is 3. The summed E-state index contributed by atoms with van der Waals surface area (Å²) in [5, 5.41) is 3.22. The van der Waals surface area contributed by atoms with Gasteiger partial charge in [-0.1, -0.05) is 12.5 Å². The van der Waals surface area contributed by atoms with E-state index in [0.29, 0.717) is 33.6 Å². The van der Waals surface area contributed by atoms with Gasteiger partial charge in [-0.15, -0.1) is 0 Å². The van der Waals surface area contributed by atoms with E-state index in [1.54, 1.807) is 0 Å². The van der Waals surface area contributed by atoms with Gasteiger partial charge in [0.25, 0.3) is 10.7 Å². The monoisotopic (exact) mass is 331 g/mol. The molecular weight excluding hydrogens is 310 g/mol. The fraction of sp³-hybridized carbons (Fsp3) is 0.529. The Hall–Kier alpha value is -1.66. The van der Waals surface area contributed by atoms with Crippen LogP contribution >= 0.6 is 12.2 Å². The summed E-state index contributed by atoms with van der Waals surface area (Å²) in [5.41, 5.74) is 1.91. The molecule has 2 atom stereocenters. The van der Waals surface area contributed by atoms with Gasteiger partial charge in [0, 0.05) is 18.1 Å². The van der Waals surface area contributed by atoms with Gasteiger partial charge in [-0.25, -0.2) is 0 Å². The molecule has 1 aromatic heterocycles. The predicted octanol–water partition coefficient (Wildman–Crippen LogP) is 3.24. The Labute approximate surface area is 140 Å². The maximum atomic E-state index is 12.7. The van der Waals surface area contributed by atoms with Crippen molar-refractivity contribution in [2.75, 3.05) is 7.05 Å². The summed E-state index contributed by atoms with van der Waals surface area (Å²) >= 11 is 5.03. The van der Waals surface area contributed by atoms with Crippen molar-refractivity contribution in [3.63, 3.8) is 0 Å². The third kappa shape index (κ3) is 2.70. The third-order valence-corrected chi connectivity index (χ3v) is 5.56. The van der Waals surface area contributed by atoms with Crippen LogP contribution in [0.15, 0.2) is 22.6 Å². The van der Waals surface area contributed by atoms with E-state index in [9.17, 15) is 4.79 Å². The first-order chi connectivity index (χ1) is 11.1. The number of nitrogens with zero attached hydrogens (tertiary/aromatic N) is 1. The van der Waals surface area contributed by atoms with E-state index >= 15 is 0 Å². The van der Waals surface area contributed by atoms with Gasteiger partial charge in [0.15, 0.2) is 5.58 Å². The SMILES string of the molecule is CN1C2CCCC1CC(NC(=O)c1cccc3oc(=S)[nH]c13)C2. The molecule has 2 aromatic rings. The molecule has 0 radical (unpaired) electrons. The number of carbonyl (C=O) groups is 1. The van der Waals surface area contributed by atoms with Gasteiger partial charge >= 0.3 is 0 Å². The Bertz CT molecular complexity index is 782. The van der Waals surface area contributed by atoms with E-state index in [1.165, 1.54) is 19.3 Å². The van der Waals surface area contributed by atoms with Gasteiger partial charge in [0.2, 0.25) is 0 Å². The number of piperidine rings is 2. The van der Waals surface area contributed by atoms with Crippen LogP contribution in [0.25, 0.3) is 11.1 Å². The fourth-order valence-corrected chi connectivity index (χ4v) is 4.35. The second-order valence-electron chi connectivity index (χ2n) is 6.74. The molecule has 23 heavy (non-hydrogen) atoms. The Balaban J connectivity index is 1.54. The van der Waals surface area contributed by atoms with Gasteiger partial charge in [0.05, 0.1) is 11.1 Å². The van der Waals surface area contributed by atoms with E-state index in [-0.39, 0.29) is 11.9 Å². The van der Waals surface area contributed by atoms with Crippen LogP contribution in [-0.2, 0) is 0 Å². The van der Waals surface area contributed by atoms with E-state index in [4.69, 9.17) is 16.6 Å². The number of H-pyrrole nitrogens is 1. The van der Waals surface area contributed by atoms with Crippen LogP contribution in [-0.4, -0.2) is 41.0 Å². The number of rotatable bonds is 2. The molecule has 4 rings (SSSR count). The number of benzene rings is 1. The highest BCUT2D eigenvalue weighted by atomic mass is 32.1.